The van der Waals surface area contributed by atoms with E-state index >= 15 is 0 Å². The average molecular weight is 299 g/mol. The van der Waals surface area contributed by atoms with Crippen molar-refractivity contribution in [3.05, 3.63) is 34.3 Å². The van der Waals surface area contributed by atoms with Crippen molar-refractivity contribution in [2.24, 2.45) is 0 Å². The molecule has 2 rings (SSSR count). The Bertz CT molecular complexity index is 478. The molecule has 90 valence electrons. The van der Waals surface area contributed by atoms with E-state index in [1.807, 2.05) is 24.3 Å². The maximum absolute atomic E-state index is 11.3. The van der Waals surface area contributed by atoms with E-state index in [2.05, 4.69) is 26.6 Å². The molecule has 0 bridgehead atoms. The van der Waals surface area contributed by atoms with Crippen molar-refractivity contribution in [3.8, 4) is 0 Å². The Hall–Kier alpha value is -1.56. The summed E-state index contributed by atoms with van der Waals surface area (Å²) < 4.78 is 0.882. The van der Waals surface area contributed by atoms with Crippen molar-refractivity contribution in [1.29, 1.82) is 0 Å². The van der Waals surface area contributed by atoms with E-state index in [4.69, 9.17) is 0 Å². The lowest BCUT2D eigenvalue weighted by molar-refractivity contribution is -0.143. The summed E-state index contributed by atoms with van der Waals surface area (Å²) in [4.78, 5) is 22.4. The average Bonchev–Trinajstić information content (AvgIpc) is 2.61. The second-order valence-corrected chi connectivity index (χ2v) is 4.92. The van der Waals surface area contributed by atoms with E-state index in [9.17, 15) is 14.7 Å². The molecule has 1 saturated heterocycles. The normalized spacial score (nSPS) is 23.0. The number of nitrogens with one attached hydrogen (secondary N) is 2. The fraction of sp³-hybridized carbons (Fsp3) is 0.273. The zero-order valence-corrected chi connectivity index (χ0v) is 10.5. The van der Waals surface area contributed by atoms with Crippen LogP contribution < -0.4 is 10.6 Å². The highest BCUT2D eigenvalue weighted by atomic mass is 79.9. The van der Waals surface area contributed by atoms with Gasteiger partial charge in [-0.1, -0.05) is 28.1 Å². The molecule has 1 aliphatic heterocycles. The third kappa shape index (κ3) is 2.41. The minimum atomic E-state index is -1.25. The maximum atomic E-state index is 11.3. The largest absolute Gasteiger partial charge is 0.479 e. The predicted octanol–water partition coefficient (Wildman–Crippen LogP) is 1.13. The molecule has 5 nitrogen and oxygen atoms in total. The second-order valence-electron chi connectivity index (χ2n) is 4.00. The molecular weight excluding hydrogens is 288 g/mol. The van der Waals surface area contributed by atoms with Crippen LogP contribution in [0.3, 0.4) is 0 Å². The number of urea groups is 1. The summed E-state index contributed by atoms with van der Waals surface area (Å²) >= 11 is 3.33. The predicted molar refractivity (Wildman–Crippen MR) is 64.7 cm³/mol. The fourth-order valence-corrected chi connectivity index (χ4v) is 2.29. The number of rotatable bonds is 3. The van der Waals surface area contributed by atoms with Crippen LogP contribution in [0.5, 0.6) is 0 Å². The SMILES string of the molecule is O=C1NCC(Cc2cccc(Br)c2)(C(=O)O)N1. The number of aliphatic carboxylic acids is 1. The fourth-order valence-electron chi connectivity index (χ4n) is 1.84. The Balaban J connectivity index is 2.25. The summed E-state index contributed by atoms with van der Waals surface area (Å²) in [6.07, 6.45) is 0.251. The molecule has 1 fully saturated rings. The van der Waals surface area contributed by atoms with Crippen LogP contribution in [0.15, 0.2) is 28.7 Å². The summed E-state index contributed by atoms with van der Waals surface area (Å²) in [5.41, 5.74) is -0.400. The van der Waals surface area contributed by atoms with Gasteiger partial charge in [-0.2, -0.15) is 0 Å². The first kappa shape index (κ1) is 11.9. The minimum absolute atomic E-state index is 0.0910. The highest BCUT2D eigenvalue weighted by molar-refractivity contribution is 9.10. The van der Waals surface area contributed by atoms with Crippen LogP contribution in [0.4, 0.5) is 4.79 Å². The standard InChI is InChI=1S/C11H11BrN2O3/c12-8-3-1-2-7(4-8)5-11(9(15)16)6-13-10(17)14-11/h1-4H,5-6H2,(H,15,16)(H2,13,14,17). The van der Waals surface area contributed by atoms with Gasteiger partial charge in [-0.05, 0) is 17.7 Å². The van der Waals surface area contributed by atoms with Gasteiger partial charge in [0.2, 0.25) is 0 Å². The zero-order chi connectivity index (χ0) is 12.5. The van der Waals surface area contributed by atoms with Gasteiger partial charge in [-0.3, -0.25) is 0 Å². The molecule has 1 aromatic carbocycles. The molecular formula is C11H11BrN2O3. The lowest BCUT2D eigenvalue weighted by Gasteiger charge is -2.22. The molecule has 6 heteroatoms. The number of carboxylic acid groups (broad SMARTS) is 1. The maximum Gasteiger partial charge on any atom is 0.331 e. The molecule has 0 saturated carbocycles. The Morgan fingerprint density at radius 3 is 2.82 bits per heavy atom. The number of hydrogen-bond donors (Lipinski definition) is 3. The lowest BCUT2D eigenvalue weighted by Crippen LogP contribution is -2.52. The molecule has 1 heterocycles. The van der Waals surface area contributed by atoms with Gasteiger partial charge >= 0.3 is 12.0 Å². The molecule has 1 atom stereocenters. The second kappa shape index (κ2) is 4.37. The van der Waals surface area contributed by atoms with Crippen LogP contribution in [-0.2, 0) is 11.2 Å². The highest BCUT2D eigenvalue weighted by Gasteiger charge is 2.44. The van der Waals surface area contributed by atoms with Crippen LogP contribution in [0.2, 0.25) is 0 Å². The van der Waals surface area contributed by atoms with E-state index in [0.717, 1.165) is 10.0 Å². The molecule has 1 aliphatic rings. The smallest absolute Gasteiger partial charge is 0.331 e. The molecule has 1 unspecified atom stereocenters. The first-order valence-corrected chi connectivity index (χ1v) is 5.85. The van der Waals surface area contributed by atoms with Crippen LogP contribution in [0.25, 0.3) is 0 Å². The molecule has 17 heavy (non-hydrogen) atoms. The third-order valence-electron chi connectivity index (χ3n) is 2.71. The lowest BCUT2D eigenvalue weighted by atomic mass is 9.92. The molecule has 0 aromatic heterocycles. The summed E-state index contributed by atoms with van der Waals surface area (Å²) in [6.45, 7) is 0.0910. The first-order chi connectivity index (χ1) is 8.02. The van der Waals surface area contributed by atoms with Crippen LogP contribution in [0, 0.1) is 0 Å². The molecule has 1 aromatic rings. The molecule has 0 spiro atoms. The van der Waals surface area contributed by atoms with Gasteiger partial charge in [0.1, 0.15) is 0 Å². The van der Waals surface area contributed by atoms with Crippen molar-refractivity contribution in [2.45, 2.75) is 12.0 Å². The van der Waals surface area contributed by atoms with Gasteiger partial charge in [0.15, 0.2) is 5.54 Å². The van der Waals surface area contributed by atoms with E-state index < -0.39 is 17.5 Å². The number of carbonyl (C=O) groups is 2. The van der Waals surface area contributed by atoms with Gasteiger partial charge in [0, 0.05) is 10.9 Å². The topological polar surface area (TPSA) is 78.4 Å². The number of amides is 2. The summed E-state index contributed by atoms with van der Waals surface area (Å²) in [5, 5.41) is 14.2. The van der Waals surface area contributed by atoms with Gasteiger partial charge < -0.3 is 15.7 Å². The molecule has 0 aliphatic carbocycles. The summed E-state index contributed by atoms with van der Waals surface area (Å²) in [6, 6.07) is 6.93. The Morgan fingerprint density at radius 2 is 2.29 bits per heavy atom. The molecule has 2 amide bonds. The van der Waals surface area contributed by atoms with E-state index in [1.165, 1.54) is 0 Å². The number of carbonyl (C=O) groups excluding carboxylic acids is 1. The van der Waals surface area contributed by atoms with Crippen molar-refractivity contribution < 1.29 is 14.7 Å². The zero-order valence-electron chi connectivity index (χ0n) is 8.87. The number of benzene rings is 1. The van der Waals surface area contributed by atoms with Gasteiger partial charge in [-0.15, -0.1) is 0 Å². The van der Waals surface area contributed by atoms with Crippen LogP contribution in [-0.4, -0.2) is 29.2 Å². The summed E-state index contributed by atoms with van der Waals surface area (Å²) in [5.74, 6) is -1.03. The Kier molecular flexibility index (Phi) is 3.06. The van der Waals surface area contributed by atoms with Gasteiger partial charge in [0.25, 0.3) is 0 Å². The number of halogens is 1. The third-order valence-corrected chi connectivity index (χ3v) is 3.20. The molecule has 3 N–H and O–H groups in total. The minimum Gasteiger partial charge on any atom is -0.479 e. The quantitative estimate of drug-likeness (QED) is 0.783. The molecule has 0 radical (unpaired) electrons. The van der Waals surface area contributed by atoms with Gasteiger partial charge in [-0.25, -0.2) is 9.59 Å². The van der Waals surface area contributed by atoms with Crippen molar-refractivity contribution in [1.82, 2.24) is 10.6 Å². The van der Waals surface area contributed by atoms with Crippen LogP contribution in [0.1, 0.15) is 5.56 Å². The van der Waals surface area contributed by atoms with Crippen molar-refractivity contribution in [2.75, 3.05) is 6.54 Å². The Labute approximate surface area is 106 Å². The summed E-state index contributed by atoms with van der Waals surface area (Å²) in [7, 11) is 0. The van der Waals surface area contributed by atoms with E-state index in [0.29, 0.717) is 0 Å². The number of carboxylic acids is 1. The van der Waals surface area contributed by atoms with Crippen LogP contribution >= 0.6 is 15.9 Å². The van der Waals surface area contributed by atoms with E-state index in [1.54, 1.807) is 0 Å². The van der Waals surface area contributed by atoms with Crippen molar-refractivity contribution in [3.63, 3.8) is 0 Å². The first-order valence-electron chi connectivity index (χ1n) is 5.06. The highest BCUT2D eigenvalue weighted by Crippen LogP contribution is 2.19. The number of hydrogen-bond acceptors (Lipinski definition) is 2. The van der Waals surface area contributed by atoms with Crippen molar-refractivity contribution >= 4 is 27.9 Å². The van der Waals surface area contributed by atoms with E-state index in [-0.39, 0.29) is 13.0 Å². The Morgan fingerprint density at radius 1 is 1.53 bits per heavy atom. The monoisotopic (exact) mass is 298 g/mol. The van der Waals surface area contributed by atoms with Gasteiger partial charge in [0.05, 0.1) is 6.54 Å².